The average Bonchev–Trinajstić information content (AvgIpc) is 3.46. The van der Waals surface area contributed by atoms with Crippen molar-refractivity contribution in [3.63, 3.8) is 0 Å². The summed E-state index contributed by atoms with van der Waals surface area (Å²) in [6.45, 7) is 7.41. The van der Waals surface area contributed by atoms with Gasteiger partial charge in [-0.3, -0.25) is 19.3 Å². The van der Waals surface area contributed by atoms with E-state index < -0.39 is 0 Å². The van der Waals surface area contributed by atoms with Crippen LogP contribution in [0.5, 0.6) is 0 Å². The lowest BCUT2D eigenvalue weighted by molar-refractivity contribution is -0.122. The number of carbonyl (C=O) groups excluding carboxylic acids is 3. The fourth-order valence-electron chi connectivity index (χ4n) is 3.12. The van der Waals surface area contributed by atoms with Gasteiger partial charge in [0.05, 0.1) is 6.54 Å². The van der Waals surface area contributed by atoms with E-state index in [9.17, 15) is 14.4 Å². The smallest absolute Gasteiger partial charge is 0.238 e. The van der Waals surface area contributed by atoms with Crippen LogP contribution in [0.25, 0.3) is 0 Å². The van der Waals surface area contributed by atoms with Crippen molar-refractivity contribution in [1.82, 2.24) is 15.5 Å². The Morgan fingerprint density at radius 2 is 1.68 bits per heavy atom. The van der Waals surface area contributed by atoms with Gasteiger partial charge in [-0.2, -0.15) is 0 Å². The third kappa shape index (κ3) is 7.68. The molecule has 3 amide bonds. The van der Waals surface area contributed by atoms with E-state index in [2.05, 4.69) is 20.9 Å². The molecule has 0 radical (unpaired) electrons. The number of aryl methyl sites for hydroxylation is 2. The number of anilines is 1. The van der Waals surface area contributed by atoms with Crippen LogP contribution in [-0.2, 0) is 14.4 Å². The molecular formula is C21H32N4O3. The number of rotatable bonds is 11. The highest BCUT2D eigenvalue weighted by molar-refractivity contribution is 5.93. The molecule has 0 unspecified atom stereocenters. The van der Waals surface area contributed by atoms with Gasteiger partial charge in [0.2, 0.25) is 17.7 Å². The van der Waals surface area contributed by atoms with Gasteiger partial charge in [-0.15, -0.1) is 0 Å². The maximum Gasteiger partial charge on any atom is 0.238 e. The monoisotopic (exact) mass is 388 g/mol. The van der Waals surface area contributed by atoms with Gasteiger partial charge < -0.3 is 16.0 Å². The Hall–Kier alpha value is -2.41. The minimum Gasteiger partial charge on any atom is -0.356 e. The molecule has 0 spiro atoms. The average molecular weight is 389 g/mol. The standard InChI is InChI=1S/C21H32N4O3/c1-15-6-4-7-16(2)21(15)24-20(28)14-25(18-8-9-18)13-10-19(27)23-12-5-11-22-17(3)26/h4,6-7,18H,5,8-14H2,1-3H3,(H,22,26)(H,23,27)(H,24,28). The second-order valence-corrected chi connectivity index (χ2v) is 7.45. The number of amides is 3. The fraction of sp³-hybridized carbons (Fsp3) is 0.571. The normalized spacial score (nSPS) is 13.3. The van der Waals surface area contributed by atoms with Gasteiger partial charge in [-0.1, -0.05) is 18.2 Å². The summed E-state index contributed by atoms with van der Waals surface area (Å²) in [6.07, 6.45) is 3.23. The van der Waals surface area contributed by atoms with Crippen molar-refractivity contribution in [3.8, 4) is 0 Å². The molecule has 0 aromatic heterocycles. The van der Waals surface area contributed by atoms with Gasteiger partial charge in [0.25, 0.3) is 0 Å². The number of para-hydroxylation sites is 1. The second-order valence-electron chi connectivity index (χ2n) is 7.45. The molecule has 154 valence electrons. The molecule has 1 aliphatic carbocycles. The van der Waals surface area contributed by atoms with E-state index in [0.717, 1.165) is 29.7 Å². The number of benzene rings is 1. The molecule has 0 heterocycles. The van der Waals surface area contributed by atoms with Gasteiger partial charge in [0.15, 0.2) is 0 Å². The second kappa shape index (κ2) is 10.8. The van der Waals surface area contributed by atoms with Crippen LogP contribution in [0.1, 0.15) is 43.7 Å². The SMILES string of the molecule is CC(=O)NCCCNC(=O)CCN(CC(=O)Nc1c(C)cccc1C)C1CC1. The van der Waals surface area contributed by atoms with Crippen LogP contribution < -0.4 is 16.0 Å². The predicted octanol–water partition coefficient (Wildman–Crippen LogP) is 1.74. The van der Waals surface area contributed by atoms with Crippen molar-refractivity contribution in [3.05, 3.63) is 29.3 Å². The van der Waals surface area contributed by atoms with Gasteiger partial charge >= 0.3 is 0 Å². The van der Waals surface area contributed by atoms with Crippen LogP contribution in [0.2, 0.25) is 0 Å². The lowest BCUT2D eigenvalue weighted by atomic mass is 10.1. The summed E-state index contributed by atoms with van der Waals surface area (Å²) in [5, 5.41) is 8.58. The number of nitrogens with zero attached hydrogens (tertiary/aromatic N) is 1. The summed E-state index contributed by atoms with van der Waals surface area (Å²) in [7, 11) is 0. The van der Waals surface area contributed by atoms with E-state index in [1.54, 1.807) is 0 Å². The van der Waals surface area contributed by atoms with Crippen LogP contribution in [0.3, 0.4) is 0 Å². The number of hydrogen-bond donors (Lipinski definition) is 3. The van der Waals surface area contributed by atoms with E-state index in [-0.39, 0.29) is 17.7 Å². The molecule has 0 atom stereocenters. The maximum absolute atomic E-state index is 12.5. The van der Waals surface area contributed by atoms with Crippen LogP contribution in [0, 0.1) is 13.8 Å². The minimum absolute atomic E-state index is 0.0244. The Bertz CT molecular complexity index is 681. The third-order valence-corrected chi connectivity index (χ3v) is 4.83. The summed E-state index contributed by atoms with van der Waals surface area (Å²) in [5.74, 6) is -0.130. The van der Waals surface area contributed by atoms with Crippen molar-refractivity contribution < 1.29 is 14.4 Å². The lowest BCUT2D eigenvalue weighted by Gasteiger charge is -2.22. The summed E-state index contributed by atoms with van der Waals surface area (Å²) in [6, 6.07) is 6.34. The Kier molecular flexibility index (Phi) is 8.44. The molecule has 1 aromatic carbocycles. The molecule has 1 fully saturated rings. The molecule has 1 aromatic rings. The molecular weight excluding hydrogens is 356 g/mol. The first-order valence-corrected chi connectivity index (χ1v) is 9.98. The topological polar surface area (TPSA) is 90.5 Å². The minimum atomic E-state index is -0.0643. The van der Waals surface area contributed by atoms with Crippen molar-refractivity contribution in [2.24, 2.45) is 0 Å². The van der Waals surface area contributed by atoms with E-state index in [1.165, 1.54) is 6.92 Å². The Balaban J connectivity index is 1.73. The first-order chi connectivity index (χ1) is 13.4. The molecule has 1 saturated carbocycles. The van der Waals surface area contributed by atoms with E-state index in [0.29, 0.717) is 45.1 Å². The zero-order chi connectivity index (χ0) is 20.5. The van der Waals surface area contributed by atoms with Crippen LogP contribution in [-0.4, -0.2) is 54.8 Å². The summed E-state index contributed by atoms with van der Waals surface area (Å²) >= 11 is 0. The molecule has 2 rings (SSSR count). The van der Waals surface area contributed by atoms with Crippen LogP contribution in [0.4, 0.5) is 5.69 Å². The van der Waals surface area contributed by atoms with E-state index >= 15 is 0 Å². The number of carbonyl (C=O) groups is 3. The van der Waals surface area contributed by atoms with Crippen molar-refractivity contribution in [1.29, 1.82) is 0 Å². The van der Waals surface area contributed by atoms with Gasteiger partial charge in [0, 0.05) is 44.7 Å². The van der Waals surface area contributed by atoms with Crippen molar-refractivity contribution >= 4 is 23.4 Å². The maximum atomic E-state index is 12.5. The highest BCUT2D eigenvalue weighted by Gasteiger charge is 2.30. The number of nitrogens with one attached hydrogen (secondary N) is 3. The molecule has 0 bridgehead atoms. The van der Waals surface area contributed by atoms with E-state index in [4.69, 9.17) is 0 Å². The van der Waals surface area contributed by atoms with Crippen molar-refractivity contribution in [2.45, 2.75) is 52.5 Å². The fourth-order valence-corrected chi connectivity index (χ4v) is 3.12. The summed E-state index contributed by atoms with van der Waals surface area (Å²) in [5.41, 5.74) is 2.97. The molecule has 0 aliphatic heterocycles. The van der Waals surface area contributed by atoms with Crippen LogP contribution >= 0.6 is 0 Å². The Morgan fingerprint density at radius 1 is 1.04 bits per heavy atom. The van der Waals surface area contributed by atoms with Crippen molar-refractivity contribution in [2.75, 3.05) is 31.5 Å². The zero-order valence-electron chi connectivity index (χ0n) is 17.1. The van der Waals surface area contributed by atoms with Crippen LogP contribution in [0.15, 0.2) is 18.2 Å². The Labute approximate surface area is 167 Å². The first-order valence-electron chi connectivity index (χ1n) is 9.98. The summed E-state index contributed by atoms with van der Waals surface area (Å²) < 4.78 is 0. The highest BCUT2D eigenvalue weighted by Crippen LogP contribution is 2.27. The quantitative estimate of drug-likeness (QED) is 0.504. The Morgan fingerprint density at radius 3 is 2.29 bits per heavy atom. The first kappa shape index (κ1) is 21.9. The molecule has 7 nitrogen and oxygen atoms in total. The molecule has 3 N–H and O–H groups in total. The molecule has 0 saturated heterocycles. The van der Waals surface area contributed by atoms with E-state index in [1.807, 2.05) is 32.0 Å². The third-order valence-electron chi connectivity index (χ3n) is 4.83. The van der Waals surface area contributed by atoms with Gasteiger partial charge in [-0.25, -0.2) is 0 Å². The highest BCUT2D eigenvalue weighted by atomic mass is 16.2. The number of hydrogen-bond acceptors (Lipinski definition) is 4. The molecule has 28 heavy (non-hydrogen) atoms. The zero-order valence-corrected chi connectivity index (χ0v) is 17.1. The molecule has 1 aliphatic rings. The molecule has 7 heteroatoms. The lowest BCUT2D eigenvalue weighted by Crippen LogP contribution is -2.38. The van der Waals surface area contributed by atoms with Gasteiger partial charge in [-0.05, 0) is 44.2 Å². The predicted molar refractivity (Wildman–Crippen MR) is 110 cm³/mol. The summed E-state index contributed by atoms with van der Waals surface area (Å²) in [4.78, 5) is 37.4. The van der Waals surface area contributed by atoms with Gasteiger partial charge in [0.1, 0.15) is 0 Å². The largest absolute Gasteiger partial charge is 0.356 e.